The number of carbonyl (C=O) groups excluding carboxylic acids is 1. The molecule has 0 heterocycles. The summed E-state index contributed by atoms with van der Waals surface area (Å²) in [7, 11) is -3.63. The number of rotatable bonds is 4. The zero-order chi connectivity index (χ0) is 13.3. The van der Waals surface area contributed by atoms with E-state index in [0.29, 0.717) is 0 Å². The summed E-state index contributed by atoms with van der Waals surface area (Å²) in [5.41, 5.74) is 0.0216. The normalized spacial score (nSPS) is 15.3. The minimum absolute atomic E-state index is 0.0216. The minimum Gasteiger partial charge on any atom is -0.290 e. The molecule has 3 nitrogen and oxygen atoms in total. The third kappa shape index (κ3) is 3.05. The van der Waals surface area contributed by atoms with E-state index >= 15 is 0 Å². The number of benzene rings is 1. The van der Waals surface area contributed by atoms with Crippen molar-refractivity contribution in [3.8, 4) is 0 Å². The Kier molecular flexibility index (Phi) is 4.70. The van der Waals surface area contributed by atoms with Gasteiger partial charge >= 0.3 is 0 Å². The van der Waals surface area contributed by atoms with Crippen molar-refractivity contribution < 1.29 is 17.6 Å². The Morgan fingerprint density at radius 2 is 2.12 bits per heavy atom. The average molecular weight is 435 g/mol. The van der Waals surface area contributed by atoms with Crippen molar-refractivity contribution in [2.75, 3.05) is 5.75 Å². The van der Waals surface area contributed by atoms with Crippen molar-refractivity contribution in [1.29, 1.82) is 0 Å². The highest BCUT2D eigenvalue weighted by atomic mass is 127. The molecule has 0 aliphatic carbocycles. The fourth-order valence-electron chi connectivity index (χ4n) is 1.12. The second-order valence-electron chi connectivity index (χ2n) is 3.26. The largest absolute Gasteiger partial charge is 0.290 e. The predicted molar refractivity (Wildman–Crippen MR) is 75.9 cm³/mol. The molecule has 7 heteroatoms. The Morgan fingerprint density at radius 3 is 2.59 bits per heavy atom. The van der Waals surface area contributed by atoms with Gasteiger partial charge in [0.1, 0.15) is 5.82 Å². The van der Waals surface area contributed by atoms with Gasteiger partial charge in [0.2, 0.25) is 7.45 Å². The van der Waals surface area contributed by atoms with Crippen LogP contribution in [0.2, 0.25) is 0 Å². The lowest BCUT2D eigenvalue weighted by Crippen LogP contribution is -2.35. The molecule has 1 aromatic carbocycles. The van der Waals surface area contributed by atoms with Crippen LogP contribution in [0.1, 0.15) is 17.3 Å². The van der Waals surface area contributed by atoms with E-state index < -0.39 is 23.1 Å². The average Bonchev–Trinajstić information content (AvgIpc) is 2.27. The molecule has 1 rings (SSSR count). The Hall–Kier alpha value is -0.0200. The monoisotopic (exact) mass is 434 g/mol. The van der Waals surface area contributed by atoms with E-state index in [1.807, 2.05) is 0 Å². The molecule has 0 spiro atoms. The quantitative estimate of drug-likeness (QED) is 0.416. The van der Waals surface area contributed by atoms with Gasteiger partial charge in [-0.2, -0.15) is 0 Å². The summed E-state index contributed by atoms with van der Waals surface area (Å²) in [6.45, 7) is 1.45. The van der Waals surface area contributed by atoms with Crippen LogP contribution in [-0.4, -0.2) is 21.6 Å². The first-order chi connectivity index (χ1) is 7.72. The maximum Gasteiger partial charge on any atom is 0.239 e. The van der Waals surface area contributed by atoms with Gasteiger partial charge in [-0.1, -0.05) is 19.1 Å². The molecule has 0 bridgehead atoms. The summed E-state index contributed by atoms with van der Waals surface area (Å²) >= 11 is 4.43. The van der Waals surface area contributed by atoms with Crippen molar-refractivity contribution in [2.24, 2.45) is 0 Å². The summed E-state index contributed by atoms with van der Waals surface area (Å²) in [5, 5.41) is 0. The van der Waals surface area contributed by atoms with Gasteiger partial charge in [0.25, 0.3) is 0 Å². The van der Waals surface area contributed by atoms with Gasteiger partial charge in [-0.3, -0.25) is 4.79 Å². The van der Waals surface area contributed by atoms with E-state index in [1.165, 1.54) is 47.7 Å². The highest BCUT2D eigenvalue weighted by Gasteiger charge is 2.45. The Balaban J connectivity index is 3.23. The number of carbonyl (C=O) groups is 1. The van der Waals surface area contributed by atoms with Gasteiger partial charge in [0.15, 0.2) is 9.84 Å². The Morgan fingerprint density at radius 1 is 1.53 bits per heavy atom. The van der Waals surface area contributed by atoms with E-state index in [9.17, 15) is 17.6 Å². The van der Waals surface area contributed by atoms with Crippen molar-refractivity contribution in [3.63, 3.8) is 0 Å². The predicted octanol–water partition coefficient (Wildman–Crippen LogP) is 2.93. The molecule has 1 unspecified atom stereocenters. The van der Waals surface area contributed by atoms with E-state index in [2.05, 4.69) is 15.9 Å². The van der Waals surface area contributed by atoms with E-state index in [1.54, 1.807) is 0 Å². The summed E-state index contributed by atoms with van der Waals surface area (Å²) in [4.78, 5) is 12.0. The molecule has 0 N–H and O–H groups in total. The molecule has 0 aliphatic rings. The fourth-order valence-corrected chi connectivity index (χ4v) is 4.04. The maximum atomic E-state index is 13.0. The zero-order valence-electron chi connectivity index (χ0n) is 8.78. The molecule has 0 aliphatic heterocycles. The molecule has 0 radical (unpaired) electrons. The van der Waals surface area contributed by atoms with Crippen LogP contribution in [0.25, 0.3) is 0 Å². The summed E-state index contributed by atoms with van der Waals surface area (Å²) in [5.74, 6) is -1.44. The van der Waals surface area contributed by atoms with Crippen molar-refractivity contribution in [2.45, 2.75) is 8.59 Å². The van der Waals surface area contributed by atoms with Crippen molar-refractivity contribution >= 4 is 54.1 Å². The van der Waals surface area contributed by atoms with Gasteiger partial charge in [-0.25, -0.2) is 12.8 Å². The fraction of sp³-hybridized carbons (Fsp3) is 0.300. The van der Waals surface area contributed by atoms with Crippen LogP contribution >= 0.6 is 38.5 Å². The first-order valence-corrected chi connectivity index (χ1v) is 8.15. The topological polar surface area (TPSA) is 51.2 Å². The number of hydrogen-bond donors (Lipinski definition) is 0. The van der Waals surface area contributed by atoms with Crippen LogP contribution in [0.4, 0.5) is 4.39 Å². The number of alkyl halides is 2. The molecular formula is C10H9BrFIO3S. The van der Waals surface area contributed by atoms with Crippen LogP contribution in [-0.2, 0) is 9.84 Å². The number of ketones is 1. The summed E-state index contributed by atoms with van der Waals surface area (Å²) < 4.78 is 34.7. The highest BCUT2D eigenvalue weighted by Crippen LogP contribution is 2.37. The lowest BCUT2D eigenvalue weighted by Gasteiger charge is -2.18. The molecule has 0 saturated carbocycles. The van der Waals surface area contributed by atoms with Gasteiger partial charge in [-0.15, -0.1) is 0 Å². The molecular weight excluding hydrogens is 426 g/mol. The molecule has 17 heavy (non-hydrogen) atoms. The Bertz CT molecular complexity index is 542. The van der Waals surface area contributed by atoms with Gasteiger partial charge in [0.05, 0.1) is 5.75 Å². The first kappa shape index (κ1) is 15.0. The van der Waals surface area contributed by atoms with Crippen LogP contribution in [0, 0.1) is 5.82 Å². The number of hydrogen-bond acceptors (Lipinski definition) is 3. The smallest absolute Gasteiger partial charge is 0.239 e. The second-order valence-corrected chi connectivity index (χ2v) is 11.2. The number of sulfone groups is 1. The van der Waals surface area contributed by atoms with Crippen molar-refractivity contribution in [1.82, 2.24) is 0 Å². The van der Waals surface area contributed by atoms with Crippen LogP contribution in [0.5, 0.6) is 0 Å². The lowest BCUT2D eigenvalue weighted by atomic mass is 10.1. The number of halogens is 3. The van der Waals surface area contributed by atoms with E-state index in [4.69, 9.17) is 0 Å². The molecule has 94 valence electrons. The minimum atomic E-state index is -3.63. The first-order valence-electron chi connectivity index (χ1n) is 4.63. The second kappa shape index (κ2) is 5.31. The third-order valence-corrected chi connectivity index (χ3v) is 8.19. The molecule has 1 aromatic rings. The highest BCUT2D eigenvalue weighted by molar-refractivity contribution is 14.1. The van der Waals surface area contributed by atoms with Gasteiger partial charge in [0, 0.05) is 5.56 Å². The molecule has 1 atom stereocenters. The standard InChI is InChI=1S/C10H9BrFIO3S/c1-2-17(15,16)10(11,13)9(14)7-4-3-5-8(12)6-7/h3-6H,2H2,1H3. The lowest BCUT2D eigenvalue weighted by molar-refractivity contribution is 0.101. The molecule has 0 saturated heterocycles. The molecule has 0 aromatic heterocycles. The third-order valence-electron chi connectivity index (χ3n) is 2.12. The summed E-state index contributed by atoms with van der Waals surface area (Å²) in [6.07, 6.45) is 0. The SMILES string of the molecule is CCS(=O)(=O)C(Br)(I)C(=O)c1cccc(F)c1. The maximum absolute atomic E-state index is 13.0. The zero-order valence-corrected chi connectivity index (χ0v) is 13.3. The summed E-state index contributed by atoms with van der Waals surface area (Å²) in [6, 6.07) is 4.95. The van der Waals surface area contributed by atoms with Gasteiger partial charge < -0.3 is 0 Å². The molecule has 0 amide bonds. The number of Topliss-reactive ketones (excluding diaryl/α,β-unsaturated/α-hetero) is 1. The van der Waals surface area contributed by atoms with Crippen LogP contribution < -0.4 is 0 Å². The van der Waals surface area contributed by atoms with Crippen LogP contribution in [0.3, 0.4) is 0 Å². The Labute approximate surface area is 121 Å². The molecule has 0 fully saturated rings. The van der Waals surface area contributed by atoms with E-state index in [0.717, 1.165) is 6.07 Å². The van der Waals surface area contributed by atoms with Crippen LogP contribution in [0.15, 0.2) is 24.3 Å². The van der Waals surface area contributed by atoms with Gasteiger partial charge in [-0.05, 0) is 50.7 Å². The van der Waals surface area contributed by atoms with Crippen molar-refractivity contribution in [3.05, 3.63) is 35.6 Å². The van der Waals surface area contributed by atoms with E-state index in [-0.39, 0.29) is 11.3 Å².